The summed E-state index contributed by atoms with van der Waals surface area (Å²) >= 11 is 1.51. The molecule has 2 aromatic rings. The number of aliphatic imine (C=N–C) groups is 1. The van der Waals surface area contributed by atoms with Crippen LogP contribution in [0.25, 0.3) is 0 Å². The Hall–Kier alpha value is -2.33. The topological polar surface area (TPSA) is 38.7 Å². The molecule has 2 unspecified atom stereocenters. The number of benzene rings is 2. The first-order valence-electron chi connectivity index (χ1n) is 7.72. The van der Waals surface area contributed by atoms with E-state index in [-0.39, 0.29) is 11.8 Å². The van der Waals surface area contributed by atoms with Crippen molar-refractivity contribution in [2.45, 2.75) is 17.6 Å². The zero-order valence-corrected chi connectivity index (χ0v) is 14.5. The fraction of sp³-hybridized carbons (Fsp3) is 0.200. The van der Waals surface area contributed by atoms with Crippen molar-refractivity contribution >= 4 is 22.7 Å². The highest BCUT2D eigenvalue weighted by molar-refractivity contribution is 8.16. The van der Waals surface area contributed by atoms with Gasteiger partial charge in [0.15, 0.2) is 0 Å². The highest BCUT2D eigenvalue weighted by atomic mass is 32.2. The number of nitrogens with zero attached hydrogens (tertiary/aromatic N) is 1. The molecule has 1 aliphatic heterocycles. The Morgan fingerprint density at radius 1 is 1.17 bits per heavy atom. The molecule has 122 valence electrons. The second kappa shape index (κ2) is 6.65. The smallest absolute Gasteiger partial charge is 0.264 e. The van der Waals surface area contributed by atoms with E-state index in [1.54, 1.807) is 7.11 Å². The molecule has 1 aliphatic rings. The van der Waals surface area contributed by atoms with Crippen molar-refractivity contribution in [1.82, 2.24) is 0 Å². The van der Waals surface area contributed by atoms with Crippen molar-refractivity contribution in [1.29, 1.82) is 0 Å². The van der Waals surface area contributed by atoms with Gasteiger partial charge in [-0.3, -0.25) is 4.79 Å². The van der Waals surface area contributed by atoms with Gasteiger partial charge in [0.2, 0.25) is 0 Å². The van der Waals surface area contributed by atoms with Gasteiger partial charge in [0.1, 0.15) is 15.5 Å². The van der Waals surface area contributed by atoms with Crippen molar-refractivity contribution < 1.29 is 9.53 Å². The monoisotopic (exact) mass is 337 g/mol. The summed E-state index contributed by atoms with van der Waals surface area (Å²) in [6, 6.07) is 17.6. The molecule has 1 heterocycles. The van der Waals surface area contributed by atoms with Crippen molar-refractivity contribution in [3.05, 3.63) is 78.4 Å². The van der Waals surface area contributed by atoms with E-state index in [9.17, 15) is 4.79 Å². The summed E-state index contributed by atoms with van der Waals surface area (Å²) in [4.78, 5) is 17.0. The summed E-state index contributed by atoms with van der Waals surface area (Å²) in [5.41, 5.74) is 2.00. The molecule has 0 fully saturated rings. The lowest BCUT2D eigenvalue weighted by Crippen LogP contribution is -2.34. The molecule has 0 aliphatic carbocycles. The molecule has 0 saturated heterocycles. The van der Waals surface area contributed by atoms with E-state index < -0.39 is 4.75 Å². The fourth-order valence-electron chi connectivity index (χ4n) is 2.86. The number of amides is 1. The lowest BCUT2D eigenvalue weighted by Gasteiger charge is -2.29. The zero-order valence-electron chi connectivity index (χ0n) is 13.7. The van der Waals surface area contributed by atoms with E-state index in [0.29, 0.717) is 0 Å². The standard InChI is InChI=1S/C20H19NO2S/c1-4-17(14-10-12-16(23-3)13-11-14)20(2)19(22)21-18(24-20)15-8-6-5-7-9-15/h4-13,17H,1H2,2-3H3. The van der Waals surface area contributed by atoms with Gasteiger partial charge < -0.3 is 4.74 Å². The third kappa shape index (κ3) is 2.89. The predicted octanol–water partition coefficient (Wildman–Crippen LogP) is 4.44. The van der Waals surface area contributed by atoms with Crippen LogP contribution in [0, 0.1) is 0 Å². The molecule has 4 heteroatoms. The molecule has 24 heavy (non-hydrogen) atoms. The van der Waals surface area contributed by atoms with Crippen LogP contribution in [0.4, 0.5) is 0 Å². The van der Waals surface area contributed by atoms with Gasteiger partial charge in [-0.25, -0.2) is 4.99 Å². The van der Waals surface area contributed by atoms with Crippen molar-refractivity contribution in [2.75, 3.05) is 7.11 Å². The Morgan fingerprint density at radius 2 is 1.83 bits per heavy atom. The van der Waals surface area contributed by atoms with Gasteiger partial charge in [0.05, 0.1) is 7.11 Å². The van der Waals surface area contributed by atoms with Gasteiger partial charge in [-0.2, -0.15) is 0 Å². The fourth-order valence-corrected chi connectivity index (χ4v) is 4.14. The van der Waals surface area contributed by atoms with Crippen LogP contribution >= 0.6 is 11.8 Å². The molecule has 0 bridgehead atoms. The summed E-state index contributed by atoms with van der Waals surface area (Å²) < 4.78 is 4.52. The third-order valence-electron chi connectivity index (χ3n) is 4.26. The lowest BCUT2D eigenvalue weighted by molar-refractivity contribution is -0.119. The van der Waals surface area contributed by atoms with Crippen LogP contribution in [0.3, 0.4) is 0 Å². The molecule has 3 rings (SSSR count). The number of carbonyl (C=O) groups excluding carboxylic acids is 1. The predicted molar refractivity (Wildman–Crippen MR) is 99.9 cm³/mol. The van der Waals surface area contributed by atoms with E-state index in [2.05, 4.69) is 11.6 Å². The number of allylic oxidation sites excluding steroid dienone is 1. The molecule has 2 atom stereocenters. The van der Waals surface area contributed by atoms with E-state index in [1.165, 1.54) is 11.8 Å². The number of methoxy groups -OCH3 is 1. The highest BCUT2D eigenvalue weighted by Gasteiger charge is 2.47. The van der Waals surface area contributed by atoms with Crippen LogP contribution in [-0.2, 0) is 4.79 Å². The molecule has 2 aromatic carbocycles. The summed E-state index contributed by atoms with van der Waals surface area (Å²) in [7, 11) is 1.64. The van der Waals surface area contributed by atoms with Crippen molar-refractivity contribution in [3.63, 3.8) is 0 Å². The third-order valence-corrected chi connectivity index (χ3v) is 5.63. The molecular formula is C20H19NO2S. The average Bonchev–Trinajstić information content (AvgIpc) is 2.93. The first-order valence-corrected chi connectivity index (χ1v) is 8.54. The molecule has 0 radical (unpaired) electrons. The number of rotatable bonds is 5. The van der Waals surface area contributed by atoms with E-state index in [4.69, 9.17) is 4.74 Å². The summed E-state index contributed by atoms with van der Waals surface area (Å²) in [5.74, 6) is 0.538. The van der Waals surface area contributed by atoms with Crippen molar-refractivity contribution in [2.24, 2.45) is 4.99 Å². The summed E-state index contributed by atoms with van der Waals surface area (Å²) in [6.07, 6.45) is 1.83. The van der Waals surface area contributed by atoms with Crippen LogP contribution in [0.2, 0.25) is 0 Å². The minimum Gasteiger partial charge on any atom is -0.497 e. The Kier molecular flexibility index (Phi) is 4.58. The van der Waals surface area contributed by atoms with E-state index in [1.807, 2.05) is 67.6 Å². The lowest BCUT2D eigenvalue weighted by atomic mass is 9.86. The van der Waals surface area contributed by atoms with Crippen LogP contribution in [-0.4, -0.2) is 22.8 Å². The number of hydrogen-bond acceptors (Lipinski definition) is 3. The molecule has 0 aromatic heterocycles. The Balaban J connectivity index is 1.91. The Labute approximate surface area is 146 Å². The minimum absolute atomic E-state index is 0.118. The largest absolute Gasteiger partial charge is 0.497 e. The quantitative estimate of drug-likeness (QED) is 0.757. The normalized spacial score (nSPS) is 21.2. The molecule has 0 saturated carbocycles. The Bertz CT molecular complexity index is 783. The molecule has 0 N–H and O–H groups in total. The number of hydrogen-bond donors (Lipinski definition) is 0. The van der Waals surface area contributed by atoms with Gasteiger partial charge in [-0.05, 0) is 24.6 Å². The SMILES string of the molecule is C=CC(c1ccc(OC)cc1)C1(C)SC(c2ccccc2)=NC1=O. The summed E-state index contributed by atoms with van der Waals surface area (Å²) in [5, 5.41) is 0.767. The van der Waals surface area contributed by atoms with E-state index >= 15 is 0 Å². The molecule has 3 nitrogen and oxygen atoms in total. The first kappa shape index (κ1) is 16.5. The van der Waals surface area contributed by atoms with Gasteiger partial charge in [0, 0.05) is 11.5 Å². The van der Waals surface area contributed by atoms with Gasteiger partial charge >= 0.3 is 0 Å². The van der Waals surface area contributed by atoms with Crippen LogP contribution < -0.4 is 4.74 Å². The van der Waals surface area contributed by atoms with Crippen LogP contribution in [0.15, 0.2) is 72.2 Å². The maximum atomic E-state index is 12.7. The maximum absolute atomic E-state index is 12.7. The van der Waals surface area contributed by atoms with Crippen molar-refractivity contribution in [3.8, 4) is 5.75 Å². The molecular weight excluding hydrogens is 318 g/mol. The van der Waals surface area contributed by atoms with Crippen LogP contribution in [0.1, 0.15) is 24.0 Å². The van der Waals surface area contributed by atoms with Gasteiger partial charge in [-0.1, -0.05) is 60.3 Å². The second-order valence-corrected chi connectivity index (χ2v) is 7.22. The second-order valence-electron chi connectivity index (χ2n) is 5.78. The number of thioether (sulfide) groups is 1. The highest BCUT2D eigenvalue weighted by Crippen LogP contribution is 2.46. The summed E-state index contributed by atoms with van der Waals surface area (Å²) in [6.45, 7) is 5.89. The van der Waals surface area contributed by atoms with Crippen LogP contribution in [0.5, 0.6) is 5.75 Å². The zero-order chi connectivity index (χ0) is 17.2. The maximum Gasteiger partial charge on any atom is 0.264 e. The van der Waals surface area contributed by atoms with E-state index in [0.717, 1.165) is 21.9 Å². The van der Waals surface area contributed by atoms with Gasteiger partial charge in [-0.15, -0.1) is 6.58 Å². The minimum atomic E-state index is -0.693. The molecule has 0 spiro atoms. The number of ether oxygens (including phenoxy) is 1. The van der Waals surface area contributed by atoms with Gasteiger partial charge in [0.25, 0.3) is 5.91 Å². The average molecular weight is 337 g/mol. The number of carbonyl (C=O) groups is 1. The Morgan fingerprint density at radius 3 is 2.42 bits per heavy atom. The first-order chi connectivity index (χ1) is 11.6. The molecule has 1 amide bonds.